The molecule has 124 valence electrons. The first-order valence-corrected chi connectivity index (χ1v) is 7.80. The number of carbonyl (C=O) groups is 2. The van der Waals surface area contributed by atoms with Gasteiger partial charge in [0, 0.05) is 12.1 Å². The van der Waals surface area contributed by atoms with E-state index in [1.807, 2.05) is 0 Å². The maximum Gasteiger partial charge on any atom is 0.174 e. The van der Waals surface area contributed by atoms with Crippen LogP contribution in [0.2, 0.25) is 0 Å². The highest BCUT2D eigenvalue weighted by Crippen LogP contribution is 2.46. The van der Waals surface area contributed by atoms with Crippen molar-refractivity contribution in [3.05, 3.63) is 17.7 Å². The summed E-state index contributed by atoms with van der Waals surface area (Å²) in [5.74, 6) is -0.285. The topological polar surface area (TPSA) is 84.9 Å². The smallest absolute Gasteiger partial charge is 0.174 e. The fourth-order valence-electron chi connectivity index (χ4n) is 3.43. The van der Waals surface area contributed by atoms with Crippen molar-refractivity contribution in [1.29, 1.82) is 0 Å². The minimum absolute atomic E-state index is 0.00329. The molecule has 6 nitrogen and oxygen atoms in total. The molecule has 0 atom stereocenters. The van der Waals surface area contributed by atoms with Gasteiger partial charge in [-0.05, 0) is 25.7 Å². The van der Waals surface area contributed by atoms with E-state index in [2.05, 4.69) is 0 Å². The number of hydrogen-bond donors (Lipinski definition) is 0. The summed E-state index contributed by atoms with van der Waals surface area (Å²) in [4.78, 5) is 23.2. The fourth-order valence-corrected chi connectivity index (χ4v) is 3.43. The third kappa shape index (κ3) is 3.11. The van der Waals surface area contributed by atoms with Gasteiger partial charge in [-0.25, -0.2) is 0 Å². The zero-order valence-corrected chi connectivity index (χ0v) is 13.1. The SMILES string of the molecule is COc1cc(OCC(=O)[O-])cc2c1C(=O)CC1(CCCCC1)O2. The third-order valence-electron chi connectivity index (χ3n) is 4.47. The van der Waals surface area contributed by atoms with Crippen LogP contribution in [0.1, 0.15) is 48.9 Å². The van der Waals surface area contributed by atoms with Crippen molar-refractivity contribution in [2.45, 2.75) is 44.1 Å². The van der Waals surface area contributed by atoms with Crippen LogP contribution in [0.25, 0.3) is 0 Å². The van der Waals surface area contributed by atoms with Crippen LogP contribution in [0.4, 0.5) is 0 Å². The van der Waals surface area contributed by atoms with Crippen molar-refractivity contribution < 1.29 is 28.9 Å². The predicted octanol–water partition coefficient (Wildman–Crippen LogP) is 1.49. The van der Waals surface area contributed by atoms with Crippen molar-refractivity contribution in [3.8, 4) is 17.2 Å². The number of carboxylic acids is 1. The molecule has 0 saturated heterocycles. The minimum Gasteiger partial charge on any atom is -0.546 e. The number of Topliss-reactive ketones (excluding diaryl/α,β-unsaturated/α-hetero) is 1. The molecule has 1 saturated carbocycles. The summed E-state index contributed by atoms with van der Waals surface area (Å²) < 4.78 is 16.6. The normalized spacial score (nSPS) is 18.9. The number of ketones is 1. The molecule has 0 amide bonds. The number of rotatable bonds is 4. The largest absolute Gasteiger partial charge is 0.546 e. The van der Waals surface area contributed by atoms with Crippen molar-refractivity contribution in [3.63, 3.8) is 0 Å². The lowest BCUT2D eigenvalue weighted by Gasteiger charge is -2.41. The first-order valence-electron chi connectivity index (χ1n) is 7.80. The zero-order chi connectivity index (χ0) is 16.4. The number of carboxylic acid groups (broad SMARTS) is 1. The molecule has 6 heteroatoms. The van der Waals surface area contributed by atoms with Gasteiger partial charge in [0.05, 0.1) is 19.5 Å². The number of methoxy groups -OCH3 is 1. The molecule has 0 aromatic heterocycles. The Bertz CT molecular complexity index is 630. The molecule has 1 aromatic rings. The molecular weight excluding hydrogens is 300 g/mol. The molecule has 0 radical (unpaired) electrons. The van der Waals surface area contributed by atoms with Crippen LogP contribution in [-0.4, -0.2) is 31.1 Å². The first kappa shape index (κ1) is 15.6. The van der Waals surface area contributed by atoms with E-state index in [1.54, 1.807) is 6.07 Å². The quantitative estimate of drug-likeness (QED) is 0.836. The van der Waals surface area contributed by atoms with Crippen LogP contribution in [-0.2, 0) is 4.79 Å². The van der Waals surface area contributed by atoms with Crippen LogP contribution in [0.3, 0.4) is 0 Å². The van der Waals surface area contributed by atoms with Crippen molar-refractivity contribution in [2.24, 2.45) is 0 Å². The summed E-state index contributed by atoms with van der Waals surface area (Å²) in [7, 11) is 1.45. The Morgan fingerprint density at radius 1 is 1.30 bits per heavy atom. The summed E-state index contributed by atoms with van der Waals surface area (Å²) in [6, 6.07) is 3.07. The highest BCUT2D eigenvalue weighted by molar-refractivity contribution is 6.03. The molecular formula is C17H19O6-. The van der Waals surface area contributed by atoms with E-state index in [0.29, 0.717) is 23.5 Å². The lowest BCUT2D eigenvalue weighted by atomic mass is 9.78. The number of aliphatic carboxylic acids is 1. The standard InChI is InChI=1S/C17H20O6/c1-21-13-7-11(22-10-15(19)20)8-14-16(13)12(18)9-17(23-14)5-3-2-4-6-17/h7-8H,2-6,9-10H2,1H3,(H,19,20)/p-1. The lowest BCUT2D eigenvalue weighted by molar-refractivity contribution is -0.307. The molecule has 1 heterocycles. The second-order valence-electron chi connectivity index (χ2n) is 6.11. The minimum atomic E-state index is -1.32. The van der Waals surface area contributed by atoms with Gasteiger partial charge in [-0.1, -0.05) is 6.42 Å². The van der Waals surface area contributed by atoms with Crippen LogP contribution < -0.4 is 19.3 Å². The average molecular weight is 319 g/mol. The molecule has 1 spiro atoms. The van der Waals surface area contributed by atoms with Gasteiger partial charge in [0.25, 0.3) is 0 Å². The van der Waals surface area contributed by atoms with E-state index in [0.717, 1.165) is 32.1 Å². The van der Waals surface area contributed by atoms with Crippen molar-refractivity contribution in [1.82, 2.24) is 0 Å². The Morgan fingerprint density at radius 2 is 2.04 bits per heavy atom. The number of carbonyl (C=O) groups excluding carboxylic acids is 2. The van der Waals surface area contributed by atoms with Gasteiger partial charge in [-0.15, -0.1) is 0 Å². The maximum absolute atomic E-state index is 12.6. The Morgan fingerprint density at radius 3 is 2.70 bits per heavy atom. The number of benzene rings is 1. The summed E-state index contributed by atoms with van der Waals surface area (Å²) >= 11 is 0. The highest BCUT2D eigenvalue weighted by atomic mass is 16.5. The van der Waals surface area contributed by atoms with Gasteiger partial charge in [0.2, 0.25) is 0 Å². The van der Waals surface area contributed by atoms with Gasteiger partial charge in [-0.2, -0.15) is 0 Å². The maximum atomic E-state index is 12.6. The van der Waals surface area contributed by atoms with Gasteiger partial charge >= 0.3 is 0 Å². The first-order chi connectivity index (χ1) is 11.0. The number of ether oxygens (including phenoxy) is 3. The second-order valence-corrected chi connectivity index (χ2v) is 6.11. The molecule has 0 bridgehead atoms. The van der Waals surface area contributed by atoms with Crippen LogP contribution in [0, 0.1) is 0 Å². The molecule has 23 heavy (non-hydrogen) atoms. The average Bonchev–Trinajstić information content (AvgIpc) is 2.52. The molecule has 1 aliphatic carbocycles. The summed E-state index contributed by atoms with van der Waals surface area (Å²) in [5.41, 5.74) is -0.0372. The Hall–Kier alpha value is -2.24. The highest BCUT2D eigenvalue weighted by Gasteiger charge is 2.42. The van der Waals surface area contributed by atoms with Crippen molar-refractivity contribution >= 4 is 11.8 Å². The fraction of sp³-hybridized carbons (Fsp3) is 0.529. The van der Waals surface area contributed by atoms with Gasteiger partial charge in [-0.3, -0.25) is 4.79 Å². The number of fused-ring (bicyclic) bond motifs is 1. The Kier molecular flexibility index (Phi) is 4.15. The predicted molar refractivity (Wildman–Crippen MR) is 78.9 cm³/mol. The van der Waals surface area contributed by atoms with E-state index < -0.39 is 18.2 Å². The van der Waals surface area contributed by atoms with Gasteiger partial charge in [0.1, 0.15) is 35.0 Å². The summed E-state index contributed by atoms with van der Waals surface area (Å²) in [6.45, 7) is -0.568. The Balaban J connectivity index is 1.95. The molecule has 1 aromatic carbocycles. The summed E-state index contributed by atoms with van der Waals surface area (Å²) in [5, 5.41) is 10.6. The van der Waals surface area contributed by atoms with E-state index in [4.69, 9.17) is 14.2 Å². The molecule has 0 unspecified atom stereocenters. The van der Waals surface area contributed by atoms with Crippen LogP contribution in [0.15, 0.2) is 12.1 Å². The van der Waals surface area contributed by atoms with E-state index in [9.17, 15) is 14.7 Å². The molecule has 2 aliphatic rings. The third-order valence-corrected chi connectivity index (χ3v) is 4.47. The Labute approximate surface area is 134 Å². The second kappa shape index (κ2) is 6.10. The van der Waals surface area contributed by atoms with Crippen molar-refractivity contribution in [2.75, 3.05) is 13.7 Å². The van der Waals surface area contributed by atoms with E-state index >= 15 is 0 Å². The van der Waals surface area contributed by atoms with E-state index in [1.165, 1.54) is 13.2 Å². The van der Waals surface area contributed by atoms with Crippen LogP contribution in [0.5, 0.6) is 17.2 Å². The summed E-state index contributed by atoms with van der Waals surface area (Å²) in [6.07, 6.45) is 5.30. The van der Waals surface area contributed by atoms with Gasteiger partial charge in [0.15, 0.2) is 5.78 Å². The zero-order valence-electron chi connectivity index (χ0n) is 13.1. The monoisotopic (exact) mass is 319 g/mol. The molecule has 1 fully saturated rings. The number of hydrogen-bond acceptors (Lipinski definition) is 6. The van der Waals surface area contributed by atoms with Crippen LogP contribution >= 0.6 is 0 Å². The van der Waals surface area contributed by atoms with Gasteiger partial charge < -0.3 is 24.1 Å². The van der Waals surface area contributed by atoms with E-state index in [-0.39, 0.29) is 11.5 Å². The molecule has 3 rings (SSSR count). The molecule has 0 N–H and O–H groups in total. The lowest BCUT2D eigenvalue weighted by Crippen LogP contribution is -2.43. The molecule has 1 aliphatic heterocycles.